The smallest absolute Gasteiger partial charge is 0.270 e. The van der Waals surface area contributed by atoms with Gasteiger partial charge < -0.3 is 10.1 Å². The second-order valence-corrected chi connectivity index (χ2v) is 7.14. The Kier molecular flexibility index (Phi) is 5.80. The van der Waals surface area contributed by atoms with Gasteiger partial charge in [0, 0.05) is 5.56 Å². The molecule has 1 atom stereocenters. The van der Waals surface area contributed by atoms with E-state index >= 15 is 0 Å². The van der Waals surface area contributed by atoms with Gasteiger partial charge >= 0.3 is 0 Å². The Bertz CT molecular complexity index is 1170. The molecule has 0 aliphatic rings. The summed E-state index contributed by atoms with van der Waals surface area (Å²) in [4.78, 5) is 13.2. The van der Waals surface area contributed by atoms with Crippen molar-refractivity contribution in [3.8, 4) is 22.7 Å². The number of methoxy groups -OCH3 is 1. The summed E-state index contributed by atoms with van der Waals surface area (Å²) in [5, 5.41) is 7.66. The fourth-order valence-corrected chi connectivity index (χ4v) is 3.32. The van der Waals surface area contributed by atoms with E-state index in [0.29, 0.717) is 22.8 Å². The van der Waals surface area contributed by atoms with E-state index in [1.165, 1.54) is 12.1 Å². The van der Waals surface area contributed by atoms with Crippen molar-refractivity contribution in [3.05, 3.63) is 102 Å². The number of benzene rings is 3. The van der Waals surface area contributed by atoms with Crippen LogP contribution in [0.2, 0.25) is 0 Å². The quantitative estimate of drug-likeness (QED) is 0.472. The van der Waals surface area contributed by atoms with Gasteiger partial charge in [0.05, 0.1) is 24.5 Å². The lowest BCUT2D eigenvalue weighted by Crippen LogP contribution is -2.28. The highest BCUT2D eigenvalue weighted by atomic mass is 19.1. The molecule has 0 bridgehead atoms. The minimum atomic E-state index is -0.326. The van der Waals surface area contributed by atoms with Crippen molar-refractivity contribution in [1.29, 1.82) is 0 Å². The first-order valence-corrected chi connectivity index (χ1v) is 9.91. The van der Waals surface area contributed by atoms with Gasteiger partial charge in [-0.05, 0) is 67.1 Å². The van der Waals surface area contributed by atoms with Crippen LogP contribution in [0.1, 0.15) is 29.0 Å². The van der Waals surface area contributed by atoms with Gasteiger partial charge in [0.25, 0.3) is 5.91 Å². The Morgan fingerprint density at radius 1 is 1.00 bits per heavy atom. The summed E-state index contributed by atoms with van der Waals surface area (Å²) in [5.74, 6) is 0.124. The molecule has 0 radical (unpaired) electrons. The van der Waals surface area contributed by atoms with Crippen molar-refractivity contribution < 1.29 is 13.9 Å². The molecule has 0 spiro atoms. The highest BCUT2D eigenvalue weighted by Crippen LogP contribution is 2.24. The minimum absolute atomic E-state index is 0.179. The molecule has 3 aromatic carbocycles. The Labute approximate surface area is 180 Å². The van der Waals surface area contributed by atoms with Gasteiger partial charge in [-0.1, -0.05) is 30.3 Å². The Balaban J connectivity index is 1.71. The van der Waals surface area contributed by atoms with Gasteiger partial charge in [-0.15, -0.1) is 0 Å². The summed E-state index contributed by atoms with van der Waals surface area (Å²) in [6, 6.07) is 24.6. The molecule has 0 saturated heterocycles. The van der Waals surface area contributed by atoms with Crippen LogP contribution in [0.4, 0.5) is 4.39 Å². The number of rotatable bonds is 6. The standard InChI is InChI=1S/C25H22FN3O2/c1-17(18-6-4-3-5-7-18)27-25(30)24-16-23(19-8-10-20(26)11-9-19)28-29(24)21-12-14-22(31-2)15-13-21/h3-17H,1-2H3,(H,27,30). The molecule has 0 saturated carbocycles. The maximum atomic E-state index is 13.4. The Hall–Kier alpha value is -3.93. The fourth-order valence-electron chi connectivity index (χ4n) is 3.32. The second kappa shape index (κ2) is 8.83. The normalized spacial score (nSPS) is 11.7. The van der Waals surface area contributed by atoms with Crippen molar-refractivity contribution in [2.24, 2.45) is 0 Å². The zero-order valence-electron chi connectivity index (χ0n) is 17.2. The van der Waals surface area contributed by atoms with Gasteiger partial charge in [0.15, 0.2) is 0 Å². The van der Waals surface area contributed by atoms with Crippen molar-refractivity contribution in [1.82, 2.24) is 15.1 Å². The number of nitrogens with zero attached hydrogens (tertiary/aromatic N) is 2. The predicted octanol–water partition coefficient (Wildman–Crippen LogP) is 5.18. The highest BCUT2D eigenvalue weighted by molar-refractivity contribution is 5.94. The molecule has 156 valence electrons. The first kappa shape index (κ1) is 20.3. The first-order chi connectivity index (χ1) is 15.0. The maximum Gasteiger partial charge on any atom is 0.270 e. The third-order valence-corrected chi connectivity index (χ3v) is 5.05. The zero-order chi connectivity index (χ0) is 21.8. The molecule has 5 nitrogen and oxygen atoms in total. The molecule has 4 aromatic rings. The van der Waals surface area contributed by atoms with E-state index in [-0.39, 0.29) is 17.8 Å². The summed E-state index contributed by atoms with van der Waals surface area (Å²) in [6.07, 6.45) is 0. The van der Waals surface area contributed by atoms with Gasteiger partial charge in [0.2, 0.25) is 0 Å². The van der Waals surface area contributed by atoms with Crippen molar-refractivity contribution in [2.75, 3.05) is 7.11 Å². The van der Waals surface area contributed by atoms with Crippen LogP contribution in [0.3, 0.4) is 0 Å². The third-order valence-electron chi connectivity index (χ3n) is 5.05. The van der Waals surface area contributed by atoms with Crippen LogP contribution in [-0.4, -0.2) is 22.8 Å². The molecule has 1 amide bonds. The average Bonchev–Trinajstić information content (AvgIpc) is 3.26. The van der Waals surface area contributed by atoms with Crippen LogP contribution in [0.5, 0.6) is 5.75 Å². The van der Waals surface area contributed by atoms with Crippen LogP contribution in [0.25, 0.3) is 16.9 Å². The number of hydrogen-bond acceptors (Lipinski definition) is 3. The minimum Gasteiger partial charge on any atom is -0.497 e. The Morgan fingerprint density at radius 3 is 2.32 bits per heavy atom. The van der Waals surface area contributed by atoms with E-state index in [9.17, 15) is 9.18 Å². The van der Waals surface area contributed by atoms with E-state index in [2.05, 4.69) is 10.4 Å². The number of halogens is 1. The number of aromatic nitrogens is 2. The predicted molar refractivity (Wildman–Crippen MR) is 118 cm³/mol. The summed E-state index contributed by atoms with van der Waals surface area (Å²) in [5.41, 5.74) is 3.40. The molecular formula is C25H22FN3O2. The zero-order valence-corrected chi connectivity index (χ0v) is 17.2. The summed E-state index contributed by atoms with van der Waals surface area (Å²) < 4.78 is 20.2. The third kappa shape index (κ3) is 4.48. The van der Waals surface area contributed by atoms with E-state index < -0.39 is 0 Å². The van der Waals surface area contributed by atoms with E-state index in [0.717, 1.165) is 11.1 Å². The van der Waals surface area contributed by atoms with E-state index in [1.807, 2.05) is 61.5 Å². The highest BCUT2D eigenvalue weighted by Gasteiger charge is 2.20. The van der Waals surface area contributed by atoms with Crippen molar-refractivity contribution >= 4 is 5.91 Å². The average molecular weight is 415 g/mol. The molecule has 1 N–H and O–H groups in total. The molecule has 1 unspecified atom stereocenters. The van der Waals surface area contributed by atoms with Crippen LogP contribution in [0, 0.1) is 5.82 Å². The maximum absolute atomic E-state index is 13.4. The van der Waals surface area contributed by atoms with Gasteiger partial charge in [0.1, 0.15) is 17.3 Å². The molecule has 0 aliphatic heterocycles. The number of nitrogens with one attached hydrogen (secondary N) is 1. The first-order valence-electron chi connectivity index (χ1n) is 9.91. The molecule has 0 fully saturated rings. The lowest BCUT2D eigenvalue weighted by molar-refractivity contribution is 0.0932. The summed E-state index contributed by atoms with van der Waals surface area (Å²) in [6.45, 7) is 1.93. The lowest BCUT2D eigenvalue weighted by Gasteiger charge is -2.15. The number of amides is 1. The van der Waals surface area contributed by atoms with Gasteiger partial charge in [-0.3, -0.25) is 4.79 Å². The molecular weight excluding hydrogens is 393 g/mol. The molecule has 0 aliphatic carbocycles. The fraction of sp³-hybridized carbons (Fsp3) is 0.120. The monoisotopic (exact) mass is 415 g/mol. The van der Waals surface area contributed by atoms with Crippen LogP contribution >= 0.6 is 0 Å². The molecule has 1 heterocycles. The number of carbonyl (C=O) groups excluding carboxylic acids is 1. The van der Waals surface area contributed by atoms with Gasteiger partial charge in [-0.25, -0.2) is 9.07 Å². The van der Waals surface area contributed by atoms with Crippen molar-refractivity contribution in [2.45, 2.75) is 13.0 Å². The topological polar surface area (TPSA) is 56.2 Å². The van der Waals surface area contributed by atoms with Crippen LogP contribution < -0.4 is 10.1 Å². The molecule has 31 heavy (non-hydrogen) atoms. The number of carbonyl (C=O) groups is 1. The van der Waals surface area contributed by atoms with Crippen LogP contribution in [0.15, 0.2) is 84.9 Å². The summed E-state index contributed by atoms with van der Waals surface area (Å²) in [7, 11) is 1.60. The summed E-state index contributed by atoms with van der Waals surface area (Å²) >= 11 is 0. The van der Waals surface area contributed by atoms with E-state index in [4.69, 9.17) is 4.74 Å². The van der Waals surface area contributed by atoms with Crippen LogP contribution in [-0.2, 0) is 0 Å². The Morgan fingerprint density at radius 2 is 1.68 bits per heavy atom. The largest absolute Gasteiger partial charge is 0.497 e. The molecule has 1 aromatic heterocycles. The molecule has 4 rings (SSSR count). The molecule has 6 heteroatoms. The van der Waals surface area contributed by atoms with Crippen molar-refractivity contribution in [3.63, 3.8) is 0 Å². The van der Waals surface area contributed by atoms with E-state index in [1.54, 1.807) is 30.0 Å². The second-order valence-electron chi connectivity index (χ2n) is 7.14. The lowest BCUT2D eigenvalue weighted by atomic mass is 10.1. The SMILES string of the molecule is COc1ccc(-n2nc(-c3ccc(F)cc3)cc2C(=O)NC(C)c2ccccc2)cc1. The number of hydrogen-bond donors (Lipinski definition) is 1. The number of ether oxygens (including phenoxy) is 1. The van der Waals surface area contributed by atoms with Gasteiger partial charge in [-0.2, -0.15) is 5.10 Å².